The highest BCUT2D eigenvalue weighted by Crippen LogP contribution is 2.32. The lowest BCUT2D eigenvalue weighted by molar-refractivity contribution is -0.167. The maximum absolute atomic E-state index is 13.0. The van der Waals surface area contributed by atoms with Crippen molar-refractivity contribution in [1.82, 2.24) is 4.90 Å². The van der Waals surface area contributed by atoms with E-state index in [2.05, 4.69) is 0 Å². The van der Waals surface area contributed by atoms with Gasteiger partial charge in [0.2, 0.25) is 0 Å². The van der Waals surface area contributed by atoms with Crippen LogP contribution in [0.1, 0.15) is 77.2 Å². The molecule has 1 atom stereocenters. The van der Waals surface area contributed by atoms with Gasteiger partial charge in [-0.3, -0.25) is 9.59 Å². The molecule has 30 heavy (non-hydrogen) atoms. The molecule has 1 unspecified atom stereocenters. The average molecular weight is 420 g/mol. The molecule has 0 aliphatic heterocycles. The summed E-state index contributed by atoms with van der Waals surface area (Å²) >= 11 is 0. The Morgan fingerprint density at radius 1 is 1.00 bits per heavy atom. The summed E-state index contributed by atoms with van der Waals surface area (Å²) in [4.78, 5) is 37.9. The van der Waals surface area contributed by atoms with Crippen LogP contribution in [0.3, 0.4) is 0 Å². The minimum Gasteiger partial charge on any atom is -0.460 e. The molecule has 0 aliphatic carbocycles. The summed E-state index contributed by atoms with van der Waals surface area (Å²) in [6.07, 6.45) is 1.99. The smallest absolute Gasteiger partial charge is 0.410 e. The van der Waals surface area contributed by atoms with Gasteiger partial charge in [0.15, 0.2) is 0 Å². The normalized spacial score (nSPS) is 13.9. The molecule has 0 N–H and O–H groups in total. The second kappa shape index (κ2) is 10.1. The second-order valence-corrected chi connectivity index (χ2v) is 10.1. The van der Waals surface area contributed by atoms with Gasteiger partial charge in [-0.15, -0.1) is 0 Å². The Morgan fingerprint density at radius 2 is 1.60 bits per heavy atom. The van der Waals surface area contributed by atoms with Crippen molar-refractivity contribution in [2.45, 2.75) is 78.9 Å². The standard InChI is InChI=1S/C24H37NO5/c1-22(2,3)29-20(27)24(7,16-18-11-9-12-19(15-18)17-26)13-10-14-25(8)21(28)30-23(4,5)6/h9,11-12,15,17H,10,13-14,16H2,1-8H3. The zero-order chi connectivity index (χ0) is 23.2. The van der Waals surface area contributed by atoms with Crippen LogP contribution in [0.15, 0.2) is 24.3 Å². The molecule has 0 spiro atoms. The van der Waals surface area contributed by atoms with Gasteiger partial charge in [0.1, 0.15) is 17.5 Å². The first-order valence-electron chi connectivity index (χ1n) is 10.4. The van der Waals surface area contributed by atoms with Crippen molar-refractivity contribution in [3.05, 3.63) is 35.4 Å². The molecule has 0 aliphatic rings. The number of nitrogens with zero attached hydrogens (tertiary/aromatic N) is 1. The number of carbonyl (C=O) groups is 3. The minimum absolute atomic E-state index is 0.286. The maximum atomic E-state index is 13.0. The lowest BCUT2D eigenvalue weighted by Gasteiger charge is -2.32. The summed E-state index contributed by atoms with van der Waals surface area (Å²) in [6.45, 7) is 13.3. The van der Waals surface area contributed by atoms with E-state index in [0.717, 1.165) is 11.8 Å². The number of hydrogen-bond donors (Lipinski definition) is 0. The molecule has 6 heteroatoms. The van der Waals surface area contributed by atoms with E-state index in [4.69, 9.17) is 9.47 Å². The Bertz CT molecular complexity index is 745. The number of rotatable bonds is 8. The van der Waals surface area contributed by atoms with Crippen LogP contribution in [0.5, 0.6) is 0 Å². The fraction of sp³-hybridized carbons (Fsp3) is 0.625. The van der Waals surface area contributed by atoms with E-state index >= 15 is 0 Å². The van der Waals surface area contributed by atoms with E-state index in [1.54, 1.807) is 19.2 Å². The van der Waals surface area contributed by atoms with Crippen molar-refractivity contribution in [3.63, 3.8) is 0 Å². The fourth-order valence-corrected chi connectivity index (χ4v) is 3.03. The van der Waals surface area contributed by atoms with Crippen LogP contribution in [0, 0.1) is 5.41 Å². The van der Waals surface area contributed by atoms with E-state index < -0.39 is 16.6 Å². The number of ether oxygens (including phenoxy) is 2. The molecule has 0 saturated carbocycles. The van der Waals surface area contributed by atoms with Crippen molar-refractivity contribution in [3.8, 4) is 0 Å². The molecule has 0 bridgehead atoms. The number of amides is 1. The van der Waals surface area contributed by atoms with Crippen LogP contribution in [-0.2, 0) is 20.7 Å². The third-order valence-electron chi connectivity index (χ3n) is 4.50. The summed E-state index contributed by atoms with van der Waals surface area (Å²) in [5, 5.41) is 0. The first-order valence-corrected chi connectivity index (χ1v) is 10.4. The van der Waals surface area contributed by atoms with Crippen molar-refractivity contribution >= 4 is 18.3 Å². The van der Waals surface area contributed by atoms with Crippen LogP contribution in [0.2, 0.25) is 0 Å². The van der Waals surface area contributed by atoms with Crippen molar-refractivity contribution in [1.29, 1.82) is 0 Å². The van der Waals surface area contributed by atoms with E-state index in [-0.39, 0.29) is 12.1 Å². The van der Waals surface area contributed by atoms with E-state index in [1.165, 1.54) is 4.90 Å². The molecule has 1 rings (SSSR count). The van der Waals surface area contributed by atoms with Crippen molar-refractivity contribution in [2.75, 3.05) is 13.6 Å². The summed E-state index contributed by atoms with van der Waals surface area (Å²) in [5.41, 5.74) is -0.475. The molecular formula is C24H37NO5. The highest BCUT2D eigenvalue weighted by atomic mass is 16.6. The van der Waals surface area contributed by atoms with Crippen LogP contribution in [0.4, 0.5) is 4.79 Å². The first-order chi connectivity index (χ1) is 13.6. The minimum atomic E-state index is -0.788. The Labute approximate surface area is 180 Å². The van der Waals surface area contributed by atoms with Gasteiger partial charge >= 0.3 is 12.1 Å². The van der Waals surface area contributed by atoms with E-state index in [1.807, 2.05) is 60.6 Å². The van der Waals surface area contributed by atoms with Gasteiger partial charge in [0, 0.05) is 19.2 Å². The Hall–Kier alpha value is -2.37. The number of carbonyl (C=O) groups excluding carboxylic acids is 3. The molecule has 0 aromatic heterocycles. The lowest BCUT2D eigenvalue weighted by Crippen LogP contribution is -2.39. The van der Waals surface area contributed by atoms with Gasteiger partial charge in [0.25, 0.3) is 0 Å². The molecule has 168 valence electrons. The molecule has 0 heterocycles. The molecule has 0 saturated heterocycles. The molecule has 1 aromatic rings. The van der Waals surface area contributed by atoms with Crippen molar-refractivity contribution < 1.29 is 23.9 Å². The quantitative estimate of drug-likeness (QED) is 0.436. The second-order valence-electron chi connectivity index (χ2n) is 10.1. The zero-order valence-electron chi connectivity index (χ0n) is 19.7. The van der Waals surface area contributed by atoms with Gasteiger partial charge in [-0.05, 0) is 79.4 Å². The number of aldehydes is 1. The molecule has 1 amide bonds. The fourth-order valence-electron chi connectivity index (χ4n) is 3.03. The van der Waals surface area contributed by atoms with Gasteiger partial charge in [-0.25, -0.2) is 4.79 Å². The van der Waals surface area contributed by atoms with Crippen molar-refractivity contribution in [2.24, 2.45) is 5.41 Å². The first kappa shape index (κ1) is 25.7. The third kappa shape index (κ3) is 8.97. The van der Waals surface area contributed by atoms with Gasteiger partial charge < -0.3 is 14.4 Å². The summed E-state index contributed by atoms with van der Waals surface area (Å²) in [7, 11) is 1.69. The Kier molecular flexibility index (Phi) is 8.64. The largest absolute Gasteiger partial charge is 0.460 e. The molecule has 0 radical (unpaired) electrons. The summed E-state index contributed by atoms with van der Waals surface area (Å²) in [6, 6.07) is 7.24. The zero-order valence-corrected chi connectivity index (χ0v) is 19.7. The number of benzene rings is 1. The monoisotopic (exact) mass is 419 g/mol. The highest BCUT2D eigenvalue weighted by Gasteiger charge is 2.37. The predicted molar refractivity (Wildman–Crippen MR) is 118 cm³/mol. The third-order valence-corrected chi connectivity index (χ3v) is 4.50. The van der Waals surface area contributed by atoms with Crippen LogP contribution in [-0.4, -0.2) is 48.0 Å². The van der Waals surface area contributed by atoms with Gasteiger partial charge in [0.05, 0.1) is 5.41 Å². The SMILES string of the molecule is CN(CCCC(C)(Cc1cccc(C=O)c1)C(=O)OC(C)(C)C)C(=O)OC(C)(C)C. The topological polar surface area (TPSA) is 72.9 Å². The van der Waals surface area contributed by atoms with Crippen LogP contribution >= 0.6 is 0 Å². The van der Waals surface area contributed by atoms with Gasteiger partial charge in [-0.2, -0.15) is 0 Å². The number of hydrogen-bond acceptors (Lipinski definition) is 5. The number of esters is 1. The van der Waals surface area contributed by atoms with E-state index in [0.29, 0.717) is 31.4 Å². The molecule has 1 aromatic carbocycles. The molecule has 0 fully saturated rings. The van der Waals surface area contributed by atoms with Crippen LogP contribution in [0.25, 0.3) is 0 Å². The van der Waals surface area contributed by atoms with E-state index in [9.17, 15) is 14.4 Å². The Balaban J connectivity index is 2.91. The van der Waals surface area contributed by atoms with Crippen LogP contribution < -0.4 is 0 Å². The Morgan fingerprint density at radius 3 is 2.13 bits per heavy atom. The molecular weight excluding hydrogens is 382 g/mol. The maximum Gasteiger partial charge on any atom is 0.410 e. The highest BCUT2D eigenvalue weighted by molar-refractivity contribution is 5.78. The summed E-state index contributed by atoms with van der Waals surface area (Å²) in [5.74, 6) is -0.286. The van der Waals surface area contributed by atoms with Gasteiger partial charge in [-0.1, -0.05) is 18.2 Å². The lowest BCUT2D eigenvalue weighted by atomic mass is 9.79. The average Bonchev–Trinajstić information content (AvgIpc) is 2.58. The summed E-state index contributed by atoms with van der Waals surface area (Å²) < 4.78 is 11.1. The predicted octanol–water partition coefficient (Wildman–Crippen LogP) is 5.04. The molecule has 6 nitrogen and oxygen atoms in total.